The van der Waals surface area contributed by atoms with Gasteiger partial charge in [0.2, 0.25) is 0 Å². The fraction of sp³-hybridized carbons (Fsp3) is 0.333. The highest BCUT2D eigenvalue weighted by atomic mass is 32.1. The Kier molecular flexibility index (Phi) is 3.79. The van der Waals surface area contributed by atoms with E-state index >= 15 is 0 Å². The fourth-order valence-corrected chi connectivity index (χ4v) is 0.575. The van der Waals surface area contributed by atoms with Crippen LogP contribution in [0, 0.1) is 0 Å². The molecule has 3 nitrogen and oxygen atoms in total. The van der Waals surface area contributed by atoms with E-state index in [1.165, 1.54) is 0 Å². The van der Waals surface area contributed by atoms with Gasteiger partial charge in [0.05, 0.1) is 4.91 Å². The third kappa shape index (κ3) is 2.23. The molecule has 0 aromatic heterocycles. The van der Waals surface area contributed by atoms with Crippen molar-refractivity contribution in [2.24, 2.45) is 0 Å². The van der Waals surface area contributed by atoms with Crippen molar-refractivity contribution in [1.82, 2.24) is 5.32 Å². The molecule has 1 heterocycles. The average molecular weight is 159 g/mol. The van der Waals surface area contributed by atoms with Crippen molar-refractivity contribution in [2.75, 3.05) is 0 Å². The van der Waals surface area contributed by atoms with Crippen molar-refractivity contribution >= 4 is 24.4 Å². The number of hydrogen-bond donors (Lipinski definition) is 2. The van der Waals surface area contributed by atoms with Crippen molar-refractivity contribution in [3.8, 4) is 0 Å². The lowest BCUT2D eigenvalue weighted by atomic mass is 10.6. The van der Waals surface area contributed by atoms with Gasteiger partial charge in [0.25, 0.3) is 11.8 Å². The average Bonchev–Trinajstić information content (AvgIpc) is 2.16. The number of carbonyl (C=O) groups is 2. The molecule has 1 N–H and O–H groups in total. The Bertz CT molecular complexity index is 186. The van der Waals surface area contributed by atoms with Gasteiger partial charge < -0.3 is 0 Å². The molecule has 0 bridgehead atoms. The molecular weight excluding hydrogens is 150 g/mol. The van der Waals surface area contributed by atoms with Gasteiger partial charge in [-0.3, -0.25) is 14.9 Å². The van der Waals surface area contributed by atoms with Crippen molar-refractivity contribution in [1.29, 1.82) is 0 Å². The minimum Gasteiger partial charge on any atom is -0.288 e. The van der Waals surface area contributed by atoms with Gasteiger partial charge in [-0.05, 0) is 0 Å². The number of imide groups is 1. The molecule has 10 heavy (non-hydrogen) atoms. The van der Waals surface area contributed by atoms with Crippen LogP contribution in [0.25, 0.3) is 0 Å². The molecule has 0 aliphatic carbocycles. The Labute approximate surface area is 64.9 Å². The quantitative estimate of drug-likeness (QED) is 0.399. The molecule has 0 unspecified atom stereocenters. The lowest BCUT2D eigenvalue weighted by molar-refractivity contribution is -0.123. The monoisotopic (exact) mass is 159 g/mol. The van der Waals surface area contributed by atoms with Crippen molar-refractivity contribution in [2.45, 2.75) is 13.8 Å². The van der Waals surface area contributed by atoms with Gasteiger partial charge in [-0.15, -0.1) is 12.6 Å². The van der Waals surface area contributed by atoms with E-state index in [0.717, 1.165) is 6.08 Å². The van der Waals surface area contributed by atoms with Crippen molar-refractivity contribution < 1.29 is 9.59 Å². The van der Waals surface area contributed by atoms with Gasteiger partial charge in [-0.25, -0.2) is 0 Å². The van der Waals surface area contributed by atoms with E-state index in [4.69, 9.17) is 0 Å². The summed E-state index contributed by atoms with van der Waals surface area (Å²) in [5.41, 5.74) is 0. The molecule has 0 saturated heterocycles. The van der Waals surface area contributed by atoms with Crippen LogP contribution in [-0.4, -0.2) is 11.8 Å². The molecule has 0 spiro atoms. The molecule has 0 aromatic carbocycles. The first-order valence-corrected chi connectivity index (χ1v) is 3.41. The maximum atomic E-state index is 10.3. The highest BCUT2D eigenvalue weighted by molar-refractivity contribution is 7.85. The summed E-state index contributed by atoms with van der Waals surface area (Å²) < 4.78 is 0. The third-order valence-corrected chi connectivity index (χ3v) is 1.07. The minimum atomic E-state index is -0.418. The molecule has 1 aliphatic heterocycles. The summed E-state index contributed by atoms with van der Waals surface area (Å²) in [7, 11) is 0. The Balaban J connectivity index is 0.000000371. The SMILES string of the molecule is CC.O=C1C=C(S)C(=O)N1. The lowest BCUT2D eigenvalue weighted by Crippen LogP contribution is -2.21. The topological polar surface area (TPSA) is 46.2 Å². The number of rotatable bonds is 0. The summed E-state index contributed by atoms with van der Waals surface area (Å²) in [6.45, 7) is 4.00. The Hall–Kier alpha value is -0.770. The van der Waals surface area contributed by atoms with Crippen LogP contribution in [0.5, 0.6) is 0 Å². The summed E-state index contributed by atoms with van der Waals surface area (Å²) in [6, 6.07) is 0. The zero-order valence-electron chi connectivity index (χ0n) is 5.84. The minimum absolute atomic E-state index is 0.176. The fourth-order valence-electron chi connectivity index (χ4n) is 0.402. The molecule has 1 aliphatic rings. The van der Waals surface area contributed by atoms with Gasteiger partial charge in [-0.1, -0.05) is 13.8 Å². The molecule has 0 aromatic rings. The first-order valence-electron chi connectivity index (χ1n) is 2.96. The number of hydrogen-bond acceptors (Lipinski definition) is 3. The molecule has 56 valence electrons. The molecule has 0 radical (unpaired) electrons. The summed E-state index contributed by atoms with van der Waals surface area (Å²) in [6.07, 6.45) is 1.14. The Morgan fingerprint density at radius 1 is 1.40 bits per heavy atom. The second kappa shape index (κ2) is 4.11. The number of nitrogens with one attached hydrogen (secondary N) is 1. The smallest absolute Gasteiger partial charge is 0.264 e. The maximum absolute atomic E-state index is 10.3. The van der Waals surface area contributed by atoms with Crippen LogP contribution in [0.4, 0.5) is 0 Å². The molecule has 0 saturated carbocycles. The zero-order valence-corrected chi connectivity index (χ0v) is 6.74. The van der Waals surface area contributed by atoms with Gasteiger partial charge in [0.15, 0.2) is 0 Å². The van der Waals surface area contributed by atoms with Crippen LogP contribution in [-0.2, 0) is 9.59 Å². The molecular formula is C6H9NO2S. The van der Waals surface area contributed by atoms with Crippen LogP contribution in [0.15, 0.2) is 11.0 Å². The van der Waals surface area contributed by atoms with E-state index in [9.17, 15) is 9.59 Å². The maximum Gasteiger partial charge on any atom is 0.264 e. The highest BCUT2D eigenvalue weighted by Crippen LogP contribution is 2.04. The van der Waals surface area contributed by atoms with Crippen LogP contribution >= 0.6 is 12.6 Å². The standard InChI is InChI=1S/C4H3NO2S.C2H6/c6-3-1-2(8)4(7)5-3;1-2/h1H,(H2,5,6,7,8);1-2H3. The van der Waals surface area contributed by atoms with Gasteiger partial charge in [0, 0.05) is 6.08 Å². The first kappa shape index (κ1) is 9.23. The van der Waals surface area contributed by atoms with E-state index in [2.05, 4.69) is 12.6 Å². The summed E-state index contributed by atoms with van der Waals surface area (Å²) >= 11 is 3.67. The van der Waals surface area contributed by atoms with Crippen LogP contribution < -0.4 is 5.32 Å². The Morgan fingerprint density at radius 3 is 2.00 bits per heavy atom. The predicted octanol–water partition coefficient (Wildman–Crippen LogP) is 0.483. The van der Waals surface area contributed by atoms with Crippen molar-refractivity contribution in [3.05, 3.63) is 11.0 Å². The second-order valence-corrected chi connectivity index (χ2v) is 1.83. The van der Waals surface area contributed by atoms with E-state index in [1.807, 2.05) is 19.2 Å². The van der Waals surface area contributed by atoms with Crippen LogP contribution in [0.3, 0.4) is 0 Å². The molecule has 0 fully saturated rings. The molecule has 1 rings (SSSR count). The highest BCUT2D eigenvalue weighted by Gasteiger charge is 2.16. The molecule has 4 heteroatoms. The van der Waals surface area contributed by atoms with E-state index in [0.29, 0.717) is 0 Å². The molecule has 0 atom stereocenters. The van der Waals surface area contributed by atoms with Gasteiger partial charge >= 0.3 is 0 Å². The summed E-state index contributed by atoms with van der Waals surface area (Å²) in [5.74, 6) is -0.807. The van der Waals surface area contributed by atoms with E-state index in [1.54, 1.807) is 0 Å². The largest absolute Gasteiger partial charge is 0.288 e. The van der Waals surface area contributed by atoms with Crippen LogP contribution in [0.2, 0.25) is 0 Å². The van der Waals surface area contributed by atoms with Gasteiger partial charge in [0.1, 0.15) is 0 Å². The first-order chi connectivity index (χ1) is 4.70. The second-order valence-electron chi connectivity index (χ2n) is 1.35. The van der Waals surface area contributed by atoms with Crippen LogP contribution in [0.1, 0.15) is 13.8 Å². The normalized spacial score (nSPS) is 15.3. The van der Waals surface area contributed by atoms with Crippen molar-refractivity contribution in [3.63, 3.8) is 0 Å². The number of carbonyl (C=O) groups excluding carboxylic acids is 2. The summed E-state index contributed by atoms with van der Waals surface area (Å²) in [4.78, 5) is 20.7. The van der Waals surface area contributed by atoms with Gasteiger partial charge in [-0.2, -0.15) is 0 Å². The third-order valence-electron chi connectivity index (χ3n) is 0.737. The lowest BCUT2D eigenvalue weighted by Gasteiger charge is -1.83. The van der Waals surface area contributed by atoms with E-state index < -0.39 is 5.91 Å². The number of amides is 2. The zero-order chi connectivity index (χ0) is 8.15. The predicted molar refractivity (Wildman–Crippen MR) is 41.6 cm³/mol. The summed E-state index contributed by atoms with van der Waals surface area (Å²) in [5, 5.41) is 2.02. The molecule has 2 amide bonds. The Morgan fingerprint density at radius 2 is 1.90 bits per heavy atom. The van der Waals surface area contributed by atoms with E-state index in [-0.39, 0.29) is 10.8 Å². The number of thiol groups is 1.